The highest BCUT2D eigenvalue weighted by atomic mass is 19.1. The molecule has 78 valence electrons. The van der Waals surface area contributed by atoms with Gasteiger partial charge in [-0.05, 0) is 18.1 Å². The summed E-state index contributed by atoms with van der Waals surface area (Å²) >= 11 is 0. The van der Waals surface area contributed by atoms with Crippen molar-refractivity contribution < 1.29 is 13.9 Å². The maximum absolute atomic E-state index is 13.5. The fraction of sp³-hybridized carbons (Fsp3) is 0.333. The van der Waals surface area contributed by atoms with Crippen molar-refractivity contribution in [1.29, 1.82) is 0 Å². The molecule has 0 atom stereocenters. The second kappa shape index (κ2) is 4.22. The van der Waals surface area contributed by atoms with Gasteiger partial charge in [0.15, 0.2) is 11.5 Å². The van der Waals surface area contributed by atoms with Crippen LogP contribution in [0, 0.1) is 18.2 Å². The van der Waals surface area contributed by atoms with Crippen molar-refractivity contribution in [1.82, 2.24) is 0 Å². The first kappa shape index (κ1) is 9.85. The van der Waals surface area contributed by atoms with Gasteiger partial charge in [-0.3, -0.25) is 0 Å². The largest absolute Gasteiger partial charge is 0.486 e. The Hall–Kier alpha value is -1.69. The summed E-state index contributed by atoms with van der Waals surface area (Å²) in [4.78, 5) is 0. The number of aryl methyl sites for hydroxylation is 1. The number of terminal acetylenes is 1. The Balaban J connectivity index is 2.28. The van der Waals surface area contributed by atoms with Gasteiger partial charge in [0.25, 0.3) is 0 Å². The fourth-order valence-electron chi connectivity index (χ4n) is 1.50. The summed E-state index contributed by atoms with van der Waals surface area (Å²) in [7, 11) is 0. The SMILES string of the molecule is C#CCCc1cc2c(cc1F)OCCO2. The van der Waals surface area contributed by atoms with Crippen LogP contribution in [-0.2, 0) is 6.42 Å². The van der Waals surface area contributed by atoms with E-state index in [1.807, 2.05) is 0 Å². The van der Waals surface area contributed by atoms with E-state index < -0.39 is 0 Å². The maximum atomic E-state index is 13.5. The second-order valence-corrected chi connectivity index (χ2v) is 3.29. The molecule has 15 heavy (non-hydrogen) atoms. The van der Waals surface area contributed by atoms with Crippen molar-refractivity contribution in [2.45, 2.75) is 12.8 Å². The number of benzene rings is 1. The minimum absolute atomic E-state index is 0.283. The van der Waals surface area contributed by atoms with Gasteiger partial charge >= 0.3 is 0 Å². The third-order valence-electron chi connectivity index (χ3n) is 2.25. The molecule has 0 fully saturated rings. The molecule has 0 spiro atoms. The zero-order valence-electron chi connectivity index (χ0n) is 8.25. The van der Waals surface area contributed by atoms with E-state index in [2.05, 4.69) is 5.92 Å². The van der Waals surface area contributed by atoms with E-state index in [9.17, 15) is 4.39 Å². The van der Waals surface area contributed by atoms with E-state index in [1.165, 1.54) is 6.07 Å². The predicted octanol–water partition coefficient (Wildman–Crippen LogP) is 2.16. The third-order valence-corrected chi connectivity index (χ3v) is 2.25. The van der Waals surface area contributed by atoms with E-state index in [0.717, 1.165) is 0 Å². The van der Waals surface area contributed by atoms with Crippen LogP contribution < -0.4 is 9.47 Å². The first-order chi connectivity index (χ1) is 7.31. The molecular formula is C12H11FO2. The van der Waals surface area contributed by atoms with E-state index in [-0.39, 0.29) is 5.82 Å². The van der Waals surface area contributed by atoms with Gasteiger partial charge in [0.05, 0.1) is 0 Å². The number of halogens is 1. The van der Waals surface area contributed by atoms with Gasteiger partial charge in [0.1, 0.15) is 19.0 Å². The molecule has 3 heteroatoms. The highest BCUT2D eigenvalue weighted by Gasteiger charge is 2.15. The second-order valence-electron chi connectivity index (χ2n) is 3.29. The molecular weight excluding hydrogens is 195 g/mol. The predicted molar refractivity (Wildman–Crippen MR) is 54.5 cm³/mol. The quantitative estimate of drug-likeness (QED) is 0.690. The molecule has 2 nitrogen and oxygen atoms in total. The molecule has 2 rings (SSSR count). The maximum Gasteiger partial charge on any atom is 0.164 e. The van der Waals surface area contributed by atoms with Crippen LogP contribution in [0.3, 0.4) is 0 Å². The van der Waals surface area contributed by atoms with Crippen LogP contribution >= 0.6 is 0 Å². The van der Waals surface area contributed by atoms with Crippen molar-refractivity contribution in [3.05, 3.63) is 23.5 Å². The van der Waals surface area contributed by atoms with E-state index >= 15 is 0 Å². The standard InChI is InChI=1S/C12H11FO2/c1-2-3-4-9-7-11-12(8-10(9)13)15-6-5-14-11/h1,7-8H,3-6H2. The first-order valence-corrected chi connectivity index (χ1v) is 4.83. The fourth-order valence-corrected chi connectivity index (χ4v) is 1.50. The summed E-state index contributed by atoms with van der Waals surface area (Å²) < 4.78 is 24.1. The lowest BCUT2D eigenvalue weighted by Crippen LogP contribution is -2.15. The van der Waals surface area contributed by atoms with Gasteiger partial charge in [0.2, 0.25) is 0 Å². The zero-order valence-corrected chi connectivity index (χ0v) is 8.25. The number of fused-ring (bicyclic) bond motifs is 1. The number of rotatable bonds is 2. The minimum Gasteiger partial charge on any atom is -0.486 e. The summed E-state index contributed by atoms with van der Waals surface area (Å²) in [6.07, 6.45) is 6.19. The van der Waals surface area contributed by atoms with Gasteiger partial charge in [-0.15, -0.1) is 12.3 Å². The highest BCUT2D eigenvalue weighted by Crippen LogP contribution is 2.32. The van der Waals surface area contributed by atoms with E-state index in [1.54, 1.807) is 6.07 Å². The Labute approximate surface area is 88.0 Å². The third kappa shape index (κ3) is 2.04. The van der Waals surface area contributed by atoms with Crippen molar-refractivity contribution >= 4 is 0 Å². The number of ether oxygens (including phenoxy) is 2. The lowest BCUT2D eigenvalue weighted by Gasteiger charge is -2.19. The van der Waals surface area contributed by atoms with Crippen LogP contribution in [0.1, 0.15) is 12.0 Å². The molecule has 0 radical (unpaired) electrons. The number of hydrogen-bond acceptors (Lipinski definition) is 2. The smallest absolute Gasteiger partial charge is 0.164 e. The lowest BCUT2D eigenvalue weighted by atomic mass is 10.1. The molecule has 0 aromatic heterocycles. The Morgan fingerprint density at radius 3 is 2.60 bits per heavy atom. The van der Waals surface area contributed by atoms with Crippen molar-refractivity contribution in [2.75, 3.05) is 13.2 Å². The van der Waals surface area contributed by atoms with E-state index in [0.29, 0.717) is 43.1 Å². The van der Waals surface area contributed by atoms with Crippen molar-refractivity contribution in [2.24, 2.45) is 0 Å². The minimum atomic E-state index is -0.283. The van der Waals surface area contributed by atoms with E-state index in [4.69, 9.17) is 15.9 Å². The Morgan fingerprint density at radius 2 is 1.93 bits per heavy atom. The van der Waals surface area contributed by atoms with Crippen LogP contribution in [0.2, 0.25) is 0 Å². The molecule has 0 bridgehead atoms. The molecule has 1 aliphatic heterocycles. The monoisotopic (exact) mass is 206 g/mol. The summed E-state index contributed by atoms with van der Waals surface area (Å²) in [5.41, 5.74) is 0.581. The van der Waals surface area contributed by atoms with Gasteiger partial charge in [-0.1, -0.05) is 0 Å². The molecule has 1 aliphatic rings. The molecule has 1 aromatic rings. The van der Waals surface area contributed by atoms with Crippen molar-refractivity contribution in [3.8, 4) is 23.8 Å². The summed E-state index contributed by atoms with van der Waals surface area (Å²) in [6, 6.07) is 3.03. The van der Waals surface area contributed by atoms with Crippen LogP contribution in [-0.4, -0.2) is 13.2 Å². The summed E-state index contributed by atoms with van der Waals surface area (Å²) in [6.45, 7) is 0.976. The molecule has 0 saturated heterocycles. The Bertz CT molecular complexity index is 407. The molecule has 0 amide bonds. The zero-order chi connectivity index (χ0) is 10.7. The molecule has 0 aliphatic carbocycles. The molecule has 0 unspecified atom stereocenters. The number of hydrogen-bond donors (Lipinski definition) is 0. The summed E-state index contributed by atoms with van der Waals surface area (Å²) in [5.74, 6) is 3.28. The summed E-state index contributed by atoms with van der Waals surface area (Å²) in [5, 5.41) is 0. The van der Waals surface area contributed by atoms with Crippen LogP contribution in [0.25, 0.3) is 0 Å². The van der Waals surface area contributed by atoms with Crippen LogP contribution in [0.5, 0.6) is 11.5 Å². The topological polar surface area (TPSA) is 18.5 Å². The van der Waals surface area contributed by atoms with Crippen LogP contribution in [0.15, 0.2) is 12.1 Å². The van der Waals surface area contributed by atoms with Gasteiger partial charge in [-0.25, -0.2) is 4.39 Å². The molecule has 1 heterocycles. The Kier molecular flexibility index (Phi) is 2.77. The average molecular weight is 206 g/mol. The molecule has 1 aromatic carbocycles. The van der Waals surface area contributed by atoms with Crippen LogP contribution in [0.4, 0.5) is 4.39 Å². The normalized spacial score (nSPS) is 13.3. The van der Waals surface area contributed by atoms with Crippen molar-refractivity contribution in [3.63, 3.8) is 0 Å². The molecule has 0 saturated carbocycles. The van der Waals surface area contributed by atoms with Gasteiger partial charge in [-0.2, -0.15) is 0 Å². The Morgan fingerprint density at radius 1 is 1.27 bits per heavy atom. The lowest BCUT2D eigenvalue weighted by molar-refractivity contribution is 0.170. The molecule has 0 N–H and O–H groups in total. The van der Waals surface area contributed by atoms with Gasteiger partial charge in [0, 0.05) is 12.5 Å². The first-order valence-electron chi connectivity index (χ1n) is 4.83. The highest BCUT2D eigenvalue weighted by molar-refractivity contribution is 5.44. The average Bonchev–Trinajstić information content (AvgIpc) is 2.26. The van der Waals surface area contributed by atoms with Gasteiger partial charge < -0.3 is 9.47 Å².